The molecular formula is C16H24N2O2. The first kappa shape index (κ1) is 14.9. The Kier molecular flexibility index (Phi) is 3.82. The van der Waals surface area contributed by atoms with E-state index in [0.29, 0.717) is 6.42 Å². The van der Waals surface area contributed by atoms with Crippen LogP contribution in [0.15, 0.2) is 0 Å². The Hall–Kier alpha value is -1.50. The number of piperazine rings is 1. The summed E-state index contributed by atoms with van der Waals surface area (Å²) in [5, 5.41) is 2.98. The minimum Gasteiger partial charge on any atom is -0.340 e. The van der Waals surface area contributed by atoms with E-state index in [2.05, 4.69) is 11.2 Å². The fraction of sp³-hybridized carbons (Fsp3) is 0.750. The van der Waals surface area contributed by atoms with Gasteiger partial charge in [0.1, 0.15) is 11.6 Å². The number of nitrogens with zero attached hydrogens (tertiary/aromatic N) is 1. The summed E-state index contributed by atoms with van der Waals surface area (Å²) in [6.45, 7) is 7.72. The number of nitrogens with one attached hydrogen (secondary N) is 1. The van der Waals surface area contributed by atoms with Crippen LogP contribution < -0.4 is 5.32 Å². The fourth-order valence-electron chi connectivity index (χ4n) is 3.21. The summed E-state index contributed by atoms with van der Waals surface area (Å²) in [6.07, 6.45) is 7.88. The van der Waals surface area contributed by atoms with Crippen molar-refractivity contribution in [2.24, 2.45) is 11.8 Å². The molecule has 0 spiro atoms. The lowest BCUT2D eigenvalue weighted by Gasteiger charge is -2.48. The molecule has 3 unspecified atom stereocenters. The van der Waals surface area contributed by atoms with Crippen LogP contribution in [-0.2, 0) is 9.59 Å². The largest absolute Gasteiger partial charge is 0.340 e. The highest BCUT2D eigenvalue weighted by Gasteiger charge is 2.56. The number of carbonyl (C=O) groups excluding carboxylic acids is 2. The molecule has 0 aromatic carbocycles. The Morgan fingerprint density at radius 1 is 1.40 bits per heavy atom. The van der Waals surface area contributed by atoms with Gasteiger partial charge in [-0.25, -0.2) is 0 Å². The van der Waals surface area contributed by atoms with E-state index in [9.17, 15) is 9.59 Å². The molecule has 1 aliphatic carbocycles. The summed E-state index contributed by atoms with van der Waals surface area (Å²) in [7, 11) is 0. The highest BCUT2D eigenvalue weighted by molar-refractivity contribution is 6.00. The first-order chi connectivity index (χ1) is 9.32. The van der Waals surface area contributed by atoms with Gasteiger partial charge in [-0.15, -0.1) is 12.3 Å². The monoisotopic (exact) mass is 276 g/mol. The van der Waals surface area contributed by atoms with E-state index in [1.165, 1.54) is 0 Å². The van der Waals surface area contributed by atoms with Gasteiger partial charge in [-0.05, 0) is 38.5 Å². The quantitative estimate of drug-likeness (QED) is 0.792. The van der Waals surface area contributed by atoms with Crippen LogP contribution in [0.3, 0.4) is 0 Å². The average molecular weight is 276 g/mol. The van der Waals surface area contributed by atoms with Crippen LogP contribution >= 0.6 is 0 Å². The standard InChI is InChI=1S/C16H24N2O2/c1-6-7-11(4)18-13(10(2)3)14(19)17-16(5,15(18)20)12-8-9-12/h1,10-13H,7-9H2,2-5H3,(H,17,19). The molecule has 4 heteroatoms. The molecule has 0 bridgehead atoms. The van der Waals surface area contributed by atoms with Crippen LogP contribution in [0.25, 0.3) is 0 Å². The number of terminal acetylenes is 1. The summed E-state index contributed by atoms with van der Waals surface area (Å²) in [6, 6.07) is -0.526. The van der Waals surface area contributed by atoms with Crippen molar-refractivity contribution in [1.29, 1.82) is 0 Å². The average Bonchev–Trinajstić information content (AvgIpc) is 3.17. The summed E-state index contributed by atoms with van der Waals surface area (Å²) in [4.78, 5) is 27.2. The molecule has 2 rings (SSSR count). The van der Waals surface area contributed by atoms with E-state index >= 15 is 0 Å². The molecule has 1 saturated heterocycles. The molecule has 2 aliphatic rings. The van der Waals surface area contributed by atoms with Crippen molar-refractivity contribution in [2.75, 3.05) is 0 Å². The Balaban J connectivity index is 2.36. The highest BCUT2D eigenvalue weighted by Crippen LogP contribution is 2.43. The van der Waals surface area contributed by atoms with E-state index in [1.54, 1.807) is 4.90 Å². The second kappa shape index (κ2) is 5.12. The first-order valence-electron chi connectivity index (χ1n) is 7.41. The van der Waals surface area contributed by atoms with Gasteiger partial charge in [-0.3, -0.25) is 9.59 Å². The molecular weight excluding hydrogens is 252 g/mol. The van der Waals surface area contributed by atoms with Gasteiger partial charge in [0.2, 0.25) is 11.8 Å². The summed E-state index contributed by atoms with van der Waals surface area (Å²) >= 11 is 0. The van der Waals surface area contributed by atoms with Gasteiger partial charge in [0, 0.05) is 12.5 Å². The smallest absolute Gasteiger partial charge is 0.249 e. The number of hydrogen-bond donors (Lipinski definition) is 1. The third kappa shape index (κ3) is 2.30. The van der Waals surface area contributed by atoms with Crippen molar-refractivity contribution in [3.8, 4) is 12.3 Å². The maximum Gasteiger partial charge on any atom is 0.249 e. The highest BCUT2D eigenvalue weighted by atomic mass is 16.2. The van der Waals surface area contributed by atoms with Gasteiger partial charge in [0.25, 0.3) is 0 Å². The second-order valence-corrected chi connectivity index (χ2v) is 6.62. The Labute approximate surface area is 121 Å². The molecule has 2 fully saturated rings. The Bertz CT molecular complexity index is 462. The molecule has 0 aromatic heterocycles. The molecule has 110 valence electrons. The van der Waals surface area contributed by atoms with Crippen LogP contribution in [0.1, 0.15) is 47.0 Å². The molecule has 3 atom stereocenters. The Morgan fingerprint density at radius 3 is 2.45 bits per heavy atom. The van der Waals surface area contributed by atoms with E-state index in [0.717, 1.165) is 12.8 Å². The molecule has 1 N–H and O–H groups in total. The van der Waals surface area contributed by atoms with E-state index in [1.807, 2.05) is 27.7 Å². The zero-order chi connectivity index (χ0) is 15.1. The van der Waals surface area contributed by atoms with Gasteiger partial charge in [-0.1, -0.05) is 13.8 Å². The van der Waals surface area contributed by atoms with Crippen molar-refractivity contribution in [1.82, 2.24) is 10.2 Å². The molecule has 2 amide bonds. The summed E-state index contributed by atoms with van der Waals surface area (Å²) in [5.41, 5.74) is -0.745. The van der Waals surface area contributed by atoms with Crippen molar-refractivity contribution in [2.45, 2.75) is 64.6 Å². The molecule has 1 saturated carbocycles. The summed E-state index contributed by atoms with van der Waals surface area (Å²) < 4.78 is 0. The molecule has 0 aromatic rings. The van der Waals surface area contributed by atoms with Crippen LogP contribution in [-0.4, -0.2) is 34.3 Å². The second-order valence-electron chi connectivity index (χ2n) is 6.62. The predicted molar refractivity (Wildman–Crippen MR) is 77.7 cm³/mol. The van der Waals surface area contributed by atoms with Crippen LogP contribution in [0.5, 0.6) is 0 Å². The fourth-order valence-corrected chi connectivity index (χ4v) is 3.21. The van der Waals surface area contributed by atoms with Gasteiger partial charge in [0.15, 0.2) is 0 Å². The van der Waals surface area contributed by atoms with E-state index in [4.69, 9.17) is 6.42 Å². The molecule has 0 radical (unpaired) electrons. The zero-order valence-electron chi connectivity index (χ0n) is 12.8. The lowest BCUT2D eigenvalue weighted by molar-refractivity contribution is -0.159. The van der Waals surface area contributed by atoms with Crippen LogP contribution in [0, 0.1) is 24.2 Å². The van der Waals surface area contributed by atoms with E-state index in [-0.39, 0.29) is 29.7 Å². The lowest BCUT2D eigenvalue weighted by atomic mass is 9.85. The summed E-state index contributed by atoms with van der Waals surface area (Å²) in [5.74, 6) is 2.93. The first-order valence-corrected chi connectivity index (χ1v) is 7.41. The van der Waals surface area contributed by atoms with Gasteiger partial charge in [0.05, 0.1) is 0 Å². The normalized spacial score (nSPS) is 32.0. The molecule has 4 nitrogen and oxygen atoms in total. The maximum atomic E-state index is 12.9. The number of carbonyl (C=O) groups is 2. The number of rotatable bonds is 4. The third-order valence-corrected chi connectivity index (χ3v) is 4.54. The van der Waals surface area contributed by atoms with Crippen molar-refractivity contribution in [3.63, 3.8) is 0 Å². The maximum absolute atomic E-state index is 12.9. The minimum absolute atomic E-state index is 0.0288. The lowest BCUT2D eigenvalue weighted by Crippen LogP contribution is -2.72. The predicted octanol–water partition coefficient (Wildman–Crippen LogP) is 1.55. The van der Waals surface area contributed by atoms with Crippen LogP contribution in [0.4, 0.5) is 0 Å². The molecule has 1 aliphatic heterocycles. The molecule has 20 heavy (non-hydrogen) atoms. The van der Waals surface area contributed by atoms with Crippen molar-refractivity contribution in [3.05, 3.63) is 0 Å². The SMILES string of the molecule is C#CCC(C)N1C(=O)C(C)(C2CC2)NC(=O)C1C(C)C. The third-order valence-electron chi connectivity index (χ3n) is 4.54. The number of amides is 2. The number of hydrogen-bond acceptors (Lipinski definition) is 2. The Morgan fingerprint density at radius 2 is 2.00 bits per heavy atom. The van der Waals surface area contributed by atoms with E-state index < -0.39 is 11.6 Å². The minimum atomic E-state index is -0.745. The van der Waals surface area contributed by atoms with Crippen molar-refractivity contribution < 1.29 is 9.59 Å². The molecule has 1 heterocycles. The van der Waals surface area contributed by atoms with Crippen molar-refractivity contribution >= 4 is 11.8 Å². The van der Waals surface area contributed by atoms with Gasteiger partial charge >= 0.3 is 0 Å². The van der Waals surface area contributed by atoms with Crippen LogP contribution in [0.2, 0.25) is 0 Å². The zero-order valence-corrected chi connectivity index (χ0v) is 12.8. The topological polar surface area (TPSA) is 49.4 Å². The van der Waals surface area contributed by atoms with Gasteiger partial charge < -0.3 is 10.2 Å². The van der Waals surface area contributed by atoms with Gasteiger partial charge in [-0.2, -0.15) is 0 Å².